The van der Waals surface area contributed by atoms with Gasteiger partial charge in [-0.05, 0) is 42.1 Å². The third-order valence-corrected chi connectivity index (χ3v) is 5.32. The molecule has 1 aliphatic carbocycles. The van der Waals surface area contributed by atoms with Gasteiger partial charge in [-0.2, -0.15) is 0 Å². The molecule has 0 saturated carbocycles. The Labute approximate surface area is 195 Å². The van der Waals surface area contributed by atoms with Crippen molar-refractivity contribution in [2.75, 3.05) is 13.2 Å². The largest absolute Gasteiger partial charge is 0.480 e. The highest BCUT2D eigenvalue weighted by Gasteiger charge is 2.20. The number of nitrogens with zero attached hydrogens (tertiary/aromatic N) is 3. The number of carbonyl (C=O) groups is 2. The summed E-state index contributed by atoms with van der Waals surface area (Å²) in [6, 6.07) is 13.0. The molecule has 4 rings (SSSR count). The van der Waals surface area contributed by atoms with E-state index in [1.807, 2.05) is 36.4 Å². The van der Waals surface area contributed by atoms with Gasteiger partial charge in [-0.1, -0.05) is 47.1 Å². The number of rotatable bonds is 10. The Hall–Kier alpha value is -4.05. The predicted molar refractivity (Wildman–Crippen MR) is 120 cm³/mol. The Morgan fingerprint density at radius 2 is 1.97 bits per heavy atom. The van der Waals surface area contributed by atoms with Crippen molar-refractivity contribution in [1.82, 2.24) is 20.6 Å². The van der Waals surface area contributed by atoms with E-state index in [4.69, 9.17) is 19.2 Å². The van der Waals surface area contributed by atoms with E-state index in [1.54, 1.807) is 12.1 Å². The zero-order chi connectivity index (χ0) is 23.8. The first kappa shape index (κ1) is 23.1. The Balaban J connectivity index is 1.36. The van der Waals surface area contributed by atoms with Gasteiger partial charge in [-0.3, -0.25) is 4.79 Å². The monoisotopic (exact) mass is 464 g/mol. The molecule has 1 aromatic carbocycles. The maximum absolute atomic E-state index is 12.8. The van der Waals surface area contributed by atoms with Gasteiger partial charge in [0.05, 0.1) is 6.10 Å². The topological polar surface area (TPSA) is 137 Å². The van der Waals surface area contributed by atoms with E-state index in [1.165, 1.54) is 6.20 Å². The number of hydrogen-bond donors (Lipinski definition) is 2. The third-order valence-electron chi connectivity index (χ3n) is 5.32. The van der Waals surface area contributed by atoms with Crippen molar-refractivity contribution in [2.45, 2.75) is 31.8 Å². The number of hydrogen-bond acceptors (Lipinski definition) is 8. The van der Waals surface area contributed by atoms with Crippen molar-refractivity contribution < 1.29 is 28.8 Å². The second-order valence-electron chi connectivity index (χ2n) is 7.78. The molecule has 0 fully saturated rings. The summed E-state index contributed by atoms with van der Waals surface area (Å²) >= 11 is 0. The number of carboxylic acid groups (broad SMARTS) is 1. The average molecular weight is 464 g/mol. The molecule has 3 aromatic rings. The van der Waals surface area contributed by atoms with Gasteiger partial charge < -0.3 is 19.9 Å². The number of nitrogens with one attached hydrogen (secondary N) is 1. The molecule has 10 nitrogen and oxygen atoms in total. The van der Waals surface area contributed by atoms with E-state index in [-0.39, 0.29) is 35.9 Å². The van der Waals surface area contributed by atoms with E-state index in [0.717, 1.165) is 11.1 Å². The standard InChI is InChI=1S/C24H24N4O6/c29-21(30)15-32-18-10-8-17(9-11-18)14-26-22(31)19-7-4-12-25-23(19)33-24-20(27-34-28-24)13-16-5-2-1-3-6-16/h1-8,12,18H,9-11,13-15H2,(H,26,31)(H,29,30). The van der Waals surface area contributed by atoms with E-state index in [2.05, 4.69) is 20.6 Å². The Morgan fingerprint density at radius 1 is 1.12 bits per heavy atom. The van der Waals surface area contributed by atoms with Crippen molar-refractivity contribution in [1.29, 1.82) is 0 Å². The van der Waals surface area contributed by atoms with Gasteiger partial charge >= 0.3 is 5.97 Å². The Morgan fingerprint density at radius 3 is 2.74 bits per heavy atom. The van der Waals surface area contributed by atoms with E-state index in [9.17, 15) is 9.59 Å². The smallest absolute Gasteiger partial charge is 0.329 e. The van der Waals surface area contributed by atoms with Crippen molar-refractivity contribution in [3.63, 3.8) is 0 Å². The quantitative estimate of drug-likeness (QED) is 0.433. The summed E-state index contributed by atoms with van der Waals surface area (Å²) in [4.78, 5) is 27.7. The third kappa shape index (κ3) is 6.26. The molecule has 2 heterocycles. The van der Waals surface area contributed by atoms with Crippen molar-refractivity contribution >= 4 is 11.9 Å². The average Bonchev–Trinajstić information content (AvgIpc) is 3.29. The highest BCUT2D eigenvalue weighted by molar-refractivity contribution is 5.96. The minimum Gasteiger partial charge on any atom is -0.480 e. The lowest BCUT2D eigenvalue weighted by molar-refractivity contribution is -0.144. The van der Waals surface area contributed by atoms with Gasteiger partial charge in [-0.15, -0.1) is 0 Å². The van der Waals surface area contributed by atoms with Crippen LogP contribution in [0, 0.1) is 0 Å². The zero-order valence-corrected chi connectivity index (χ0v) is 18.3. The lowest BCUT2D eigenvalue weighted by Crippen LogP contribution is -2.28. The van der Waals surface area contributed by atoms with Gasteiger partial charge in [0.25, 0.3) is 11.8 Å². The van der Waals surface area contributed by atoms with Gasteiger partial charge in [0.1, 0.15) is 12.2 Å². The second kappa shape index (κ2) is 11.2. The number of ether oxygens (including phenoxy) is 2. The number of pyridine rings is 1. The summed E-state index contributed by atoms with van der Waals surface area (Å²) in [6.45, 7) is 0.0616. The summed E-state index contributed by atoms with van der Waals surface area (Å²) < 4.78 is 16.0. The van der Waals surface area contributed by atoms with Crippen LogP contribution in [0.25, 0.3) is 0 Å². The maximum atomic E-state index is 12.8. The van der Waals surface area contributed by atoms with Gasteiger partial charge in [-0.25, -0.2) is 14.4 Å². The van der Waals surface area contributed by atoms with Crippen LogP contribution in [-0.2, 0) is 16.0 Å². The summed E-state index contributed by atoms with van der Waals surface area (Å²) in [5.74, 6) is -1.07. The molecule has 1 amide bonds. The summed E-state index contributed by atoms with van der Waals surface area (Å²) in [7, 11) is 0. The first-order valence-corrected chi connectivity index (χ1v) is 10.9. The maximum Gasteiger partial charge on any atom is 0.329 e. The van der Waals surface area contributed by atoms with Crippen LogP contribution >= 0.6 is 0 Å². The normalized spacial score (nSPS) is 15.4. The fourth-order valence-corrected chi connectivity index (χ4v) is 3.56. The molecule has 34 heavy (non-hydrogen) atoms. The van der Waals surface area contributed by atoms with E-state index < -0.39 is 5.97 Å². The molecule has 0 aliphatic heterocycles. The molecule has 2 N–H and O–H groups in total. The van der Waals surface area contributed by atoms with Crippen LogP contribution < -0.4 is 10.1 Å². The van der Waals surface area contributed by atoms with Gasteiger partial charge in [0.2, 0.25) is 5.88 Å². The lowest BCUT2D eigenvalue weighted by atomic mass is 9.97. The van der Waals surface area contributed by atoms with Crippen LogP contribution in [0.4, 0.5) is 0 Å². The first-order chi connectivity index (χ1) is 16.6. The van der Waals surface area contributed by atoms with Crippen molar-refractivity contribution in [3.05, 3.63) is 77.1 Å². The molecule has 176 valence electrons. The van der Waals surface area contributed by atoms with Gasteiger partial charge in [0.15, 0.2) is 5.69 Å². The fraction of sp³-hybridized carbons (Fsp3) is 0.292. The first-order valence-electron chi connectivity index (χ1n) is 10.9. The molecule has 1 atom stereocenters. The molecule has 1 unspecified atom stereocenters. The molecular weight excluding hydrogens is 440 g/mol. The Bertz CT molecular complexity index is 1160. The van der Waals surface area contributed by atoms with Crippen molar-refractivity contribution in [2.24, 2.45) is 0 Å². The molecule has 0 spiro atoms. The van der Waals surface area contributed by atoms with Crippen LogP contribution in [0.5, 0.6) is 11.8 Å². The molecule has 0 radical (unpaired) electrons. The van der Waals surface area contributed by atoms with E-state index in [0.29, 0.717) is 37.9 Å². The molecule has 2 aromatic heterocycles. The molecule has 0 bridgehead atoms. The number of carbonyl (C=O) groups excluding carboxylic acids is 1. The number of carboxylic acids is 1. The van der Waals surface area contributed by atoms with Crippen LogP contribution in [0.3, 0.4) is 0 Å². The highest BCUT2D eigenvalue weighted by atomic mass is 16.6. The van der Waals surface area contributed by atoms with Crippen LogP contribution in [0.2, 0.25) is 0 Å². The number of amides is 1. The van der Waals surface area contributed by atoms with Crippen LogP contribution in [0.15, 0.2) is 64.9 Å². The van der Waals surface area contributed by atoms with Crippen LogP contribution in [0.1, 0.15) is 40.9 Å². The highest BCUT2D eigenvalue weighted by Crippen LogP contribution is 2.26. The minimum absolute atomic E-state index is 0.102. The number of benzene rings is 1. The van der Waals surface area contributed by atoms with Gasteiger partial charge in [0, 0.05) is 19.2 Å². The predicted octanol–water partition coefficient (Wildman–Crippen LogP) is 3.16. The number of aliphatic carboxylic acids is 1. The summed E-state index contributed by atoms with van der Waals surface area (Å²) in [5.41, 5.74) is 2.82. The Kier molecular flexibility index (Phi) is 7.61. The van der Waals surface area contributed by atoms with Crippen molar-refractivity contribution in [3.8, 4) is 11.8 Å². The van der Waals surface area contributed by atoms with Crippen LogP contribution in [-0.4, -0.2) is 51.5 Å². The molecular formula is C24H24N4O6. The molecule has 10 heteroatoms. The number of aromatic nitrogens is 3. The fourth-order valence-electron chi connectivity index (χ4n) is 3.56. The minimum atomic E-state index is -0.981. The summed E-state index contributed by atoms with van der Waals surface area (Å²) in [6.07, 6.45) is 5.89. The summed E-state index contributed by atoms with van der Waals surface area (Å²) in [5, 5.41) is 19.3. The zero-order valence-electron chi connectivity index (χ0n) is 18.3. The SMILES string of the molecule is O=C(O)COC1CC=C(CNC(=O)c2cccnc2Oc2nonc2Cc2ccccc2)CC1. The molecule has 1 aliphatic rings. The lowest BCUT2D eigenvalue weighted by Gasteiger charge is -2.22. The molecule has 0 saturated heterocycles. The van der Waals surface area contributed by atoms with E-state index >= 15 is 0 Å². The second-order valence-corrected chi connectivity index (χ2v) is 7.78.